The van der Waals surface area contributed by atoms with Crippen LogP contribution < -0.4 is 0 Å². The van der Waals surface area contributed by atoms with E-state index in [9.17, 15) is 21.2 Å². The highest BCUT2D eigenvalue weighted by atomic mass is 35.5. The number of nitrogens with zero attached hydrogens (tertiary/aromatic N) is 1. The molecule has 1 unspecified atom stereocenters. The van der Waals surface area contributed by atoms with E-state index in [2.05, 4.69) is 0 Å². The maximum Gasteiger partial charge on any atom is 0.246 e. The van der Waals surface area contributed by atoms with Crippen LogP contribution in [0.2, 0.25) is 5.02 Å². The van der Waals surface area contributed by atoms with Gasteiger partial charge in [-0.15, -0.1) is 0 Å². The first-order chi connectivity index (χ1) is 10.2. The van der Waals surface area contributed by atoms with Crippen molar-refractivity contribution in [3.63, 3.8) is 0 Å². The molecule has 0 aliphatic carbocycles. The van der Waals surface area contributed by atoms with Crippen LogP contribution in [-0.2, 0) is 19.9 Å². The molecule has 1 aliphatic rings. The molecule has 0 radical (unpaired) electrons. The molecule has 0 spiro atoms. The number of hydrogen-bond acceptors (Lipinski definition) is 4. The van der Waals surface area contributed by atoms with Crippen LogP contribution in [0.5, 0.6) is 0 Å². The van der Waals surface area contributed by atoms with E-state index in [0.29, 0.717) is 6.42 Å². The lowest BCUT2D eigenvalue weighted by Gasteiger charge is -2.27. The Hall–Kier alpha value is -0.700. The predicted octanol–water partition coefficient (Wildman–Crippen LogP) is 2.07. The zero-order valence-electron chi connectivity index (χ0n) is 12.0. The summed E-state index contributed by atoms with van der Waals surface area (Å²) in [5.41, 5.74) is 0. The van der Waals surface area contributed by atoms with Crippen LogP contribution in [0.4, 0.5) is 4.39 Å². The normalized spacial score (nSPS) is 21.4. The number of rotatable bonds is 5. The second-order valence-corrected chi connectivity index (χ2v) is 9.77. The van der Waals surface area contributed by atoms with Gasteiger partial charge in [-0.2, -0.15) is 4.31 Å². The summed E-state index contributed by atoms with van der Waals surface area (Å²) in [7, 11) is -7.35. The van der Waals surface area contributed by atoms with Gasteiger partial charge in [-0.3, -0.25) is 0 Å². The van der Waals surface area contributed by atoms with Crippen molar-refractivity contribution < 1.29 is 21.2 Å². The lowest BCUT2D eigenvalue weighted by Crippen LogP contribution is -2.41. The van der Waals surface area contributed by atoms with Gasteiger partial charge in [0.1, 0.15) is 10.7 Å². The maximum absolute atomic E-state index is 14.0. The summed E-state index contributed by atoms with van der Waals surface area (Å²) in [6.45, 7) is 1.93. The summed E-state index contributed by atoms with van der Waals surface area (Å²) in [6.07, 6.45) is 0.738. The molecule has 9 heteroatoms. The molecule has 22 heavy (non-hydrogen) atoms. The maximum atomic E-state index is 14.0. The summed E-state index contributed by atoms with van der Waals surface area (Å²) < 4.78 is 63.7. The highest BCUT2D eigenvalue weighted by Crippen LogP contribution is 2.27. The number of halogens is 2. The molecule has 5 nitrogen and oxygen atoms in total. The zero-order chi connectivity index (χ0) is 16.5. The van der Waals surface area contributed by atoms with Gasteiger partial charge in [-0.25, -0.2) is 21.2 Å². The van der Waals surface area contributed by atoms with E-state index in [4.69, 9.17) is 11.6 Å². The number of hydrogen-bond donors (Lipinski definition) is 0. The fourth-order valence-corrected chi connectivity index (χ4v) is 6.31. The molecule has 124 valence electrons. The summed E-state index contributed by atoms with van der Waals surface area (Å²) in [4.78, 5) is -0.477. The fraction of sp³-hybridized carbons (Fsp3) is 0.538. The number of sulfone groups is 1. The van der Waals surface area contributed by atoms with Crippen molar-refractivity contribution in [3.05, 3.63) is 29.0 Å². The average Bonchev–Trinajstić information content (AvgIpc) is 2.75. The third-order valence-corrected chi connectivity index (χ3v) is 7.51. The molecule has 1 aromatic rings. The first kappa shape index (κ1) is 17.7. The molecule has 2 rings (SSSR count). The molecule has 1 aromatic carbocycles. The molecule has 0 N–H and O–H groups in total. The van der Waals surface area contributed by atoms with Gasteiger partial charge < -0.3 is 0 Å². The third kappa shape index (κ3) is 3.61. The molecule has 1 saturated heterocycles. The van der Waals surface area contributed by atoms with Gasteiger partial charge in [-0.1, -0.05) is 18.5 Å². The standard InChI is InChI=1S/C13H17ClFNO4S2/c1-2-6-16(11-5-7-21(17,18)9-11)22(19,20)13-4-3-10(14)8-12(13)15/h3-4,8,11H,2,5-7,9H2,1H3. The van der Waals surface area contributed by atoms with Crippen LogP contribution in [0.25, 0.3) is 0 Å². The Bertz CT molecular complexity index is 764. The molecular formula is C13H17ClFNO4S2. The Morgan fingerprint density at radius 2 is 2.09 bits per heavy atom. The Morgan fingerprint density at radius 3 is 2.59 bits per heavy atom. The highest BCUT2D eigenvalue weighted by molar-refractivity contribution is 7.92. The molecule has 1 atom stereocenters. The smallest absolute Gasteiger partial charge is 0.229 e. The Balaban J connectivity index is 2.42. The Labute approximate surface area is 135 Å². The molecule has 0 bridgehead atoms. The van der Waals surface area contributed by atoms with Crippen molar-refractivity contribution in [2.75, 3.05) is 18.1 Å². The average molecular weight is 370 g/mol. The Morgan fingerprint density at radius 1 is 1.41 bits per heavy atom. The number of benzene rings is 1. The van der Waals surface area contributed by atoms with Crippen LogP contribution in [0.15, 0.2) is 23.1 Å². The molecule has 1 aliphatic heterocycles. The SMILES string of the molecule is CCCN(C1CCS(=O)(=O)C1)S(=O)(=O)c1ccc(Cl)cc1F. The van der Waals surface area contributed by atoms with Gasteiger partial charge in [0, 0.05) is 17.6 Å². The largest absolute Gasteiger partial charge is 0.246 e. The van der Waals surface area contributed by atoms with Crippen molar-refractivity contribution in [3.8, 4) is 0 Å². The second-order valence-electron chi connectivity index (χ2n) is 5.25. The molecule has 1 fully saturated rings. The van der Waals surface area contributed by atoms with Crippen LogP contribution in [0.3, 0.4) is 0 Å². The molecule has 0 amide bonds. The van der Waals surface area contributed by atoms with Crippen LogP contribution in [0, 0.1) is 5.82 Å². The van der Waals surface area contributed by atoms with Gasteiger partial charge in [0.25, 0.3) is 0 Å². The summed E-state index contributed by atoms with van der Waals surface area (Å²) in [5.74, 6) is -1.20. The van der Waals surface area contributed by atoms with Gasteiger partial charge in [0.15, 0.2) is 9.84 Å². The van der Waals surface area contributed by atoms with Gasteiger partial charge in [0.2, 0.25) is 10.0 Å². The van der Waals surface area contributed by atoms with Crippen molar-refractivity contribution in [2.24, 2.45) is 0 Å². The molecule has 0 saturated carbocycles. The van der Waals surface area contributed by atoms with E-state index in [-0.39, 0.29) is 29.5 Å². The van der Waals surface area contributed by atoms with Crippen molar-refractivity contribution in [2.45, 2.75) is 30.7 Å². The van der Waals surface area contributed by atoms with Crippen molar-refractivity contribution >= 4 is 31.5 Å². The van der Waals surface area contributed by atoms with Gasteiger partial charge in [0.05, 0.1) is 11.5 Å². The summed E-state index contributed by atoms with van der Waals surface area (Å²) in [6, 6.07) is 2.70. The van der Waals surface area contributed by atoms with E-state index in [0.717, 1.165) is 16.4 Å². The van der Waals surface area contributed by atoms with Crippen molar-refractivity contribution in [1.29, 1.82) is 0 Å². The minimum atomic E-state index is -4.11. The minimum Gasteiger partial charge on any atom is -0.229 e. The fourth-order valence-electron chi connectivity index (χ4n) is 2.53. The quantitative estimate of drug-likeness (QED) is 0.796. The van der Waals surface area contributed by atoms with Gasteiger partial charge in [-0.05, 0) is 31.0 Å². The lowest BCUT2D eigenvalue weighted by atomic mass is 10.2. The molecule has 1 heterocycles. The Kier molecular flexibility index (Phi) is 5.16. The zero-order valence-corrected chi connectivity index (χ0v) is 14.4. The first-order valence-corrected chi connectivity index (χ1v) is 10.5. The van der Waals surface area contributed by atoms with Crippen LogP contribution in [-0.4, -0.2) is 45.2 Å². The molecular weight excluding hydrogens is 353 g/mol. The van der Waals surface area contributed by atoms with E-state index in [1.165, 1.54) is 6.07 Å². The summed E-state index contributed by atoms with van der Waals surface area (Å²) in [5, 5.41) is 0.0990. The van der Waals surface area contributed by atoms with E-state index >= 15 is 0 Å². The first-order valence-electron chi connectivity index (χ1n) is 6.84. The van der Waals surface area contributed by atoms with E-state index in [1.54, 1.807) is 6.92 Å². The van der Waals surface area contributed by atoms with E-state index in [1.807, 2.05) is 0 Å². The van der Waals surface area contributed by atoms with Crippen LogP contribution >= 0.6 is 11.6 Å². The highest BCUT2D eigenvalue weighted by Gasteiger charge is 2.39. The minimum absolute atomic E-state index is 0.0451. The second kappa shape index (κ2) is 6.43. The summed E-state index contributed by atoms with van der Waals surface area (Å²) >= 11 is 5.64. The molecule has 0 aromatic heterocycles. The van der Waals surface area contributed by atoms with Crippen LogP contribution in [0.1, 0.15) is 19.8 Å². The van der Waals surface area contributed by atoms with Gasteiger partial charge >= 0.3 is 0 Å². The third-order valence-electron chi connectivity index (χ3n) is 3.54. The number of sulfonamides is 1. The monoisotopic (exact) mass is 369 g/mol. The van der Waals surface area contributed by atoms with E-state index < -0.39 is 36.6 Å². The lowest BCUT2D eigenvalue weighted by molar-refractivity contribution is 0.338. The topological polar surface area (TPSA) is 71.5 Å². The predicted molar refractivity (Wildman–Crippen MR) is 82.7 cm³/mol. The van der Waals surface area contributed by atoms with Crippen molar-refractivity contribution in [1.82, 2.24) is 4.31 Å².